The average Bonchev–Trinajstić information content (AvgIpc) is 2.86. The van der Waals surface area contributed by atoms with Gasteiger partial charge < -0.3 is 24.8 Å². The Kier molecular flexibility index (Phi) is 7.66. The molecular formula is C26H34N2O4. The summed E-state index contributed by atoms with van der Waals surface area (Å²) in [6.07, 6.45) is 4.12. The Balaban J connectivity index is 1.20. The highest BCUT2D eigenvalue weighted by Gasteiger charge is 2.29. The third kappa shape index (κ3) is 5.61. The first-order chi connectivity index (χ1) is 15.6. The number of nitrogens with zero attached hydrogens (tertiary/aromatic N) is 1. The van der Waals surface area contributed by atoms with Crippen molar-refractivity contribution in [3.8, 4) is 11.5 Å². The summed E-state index contributed by atoms with van der Waals surface area (Å²) in [6, 6.07) is 15.9. The SMILES string of the molecule is CCCCc1ccc(C(=O)N2CCC(NCC(O)C3COc4ccccc4O3)CC2)cc1. The van der Waals surface area contributed by atoms with Crippen LogP contribution in [-0.4, -0.2) is 60.4 Å². The van der Waals surface area contributed by atoms with Crippen LogP contribution in [0.3, 0.4) is 0 Å². The Labute approximate surface area is 190 Å². The highest BCUT2D eigenvalue weighted by molar-refractivity contribution is 5.94. The molecular weight excluding hydrogens is 404 g/mol. The molecule has 0 aromatic heterocycles. The molecule has 2 aromatic rings. The standard InChI is InChI=1S/C26H34N2O4/c1-2-3-6-19-9-11-20(12-10-19)26(30)28-15-13-21(14-16-28)27-17-22(29)25-18-31-23-7-4-5-8-24(23)32-25/h4-5,7-12,21-22,25,27,29H,2-3,6,13-18H2,1H3. The quantitative estimate of drug-likeness (QED) is 0.661. The van der Waals surface area contributed by atoms with Gasteiger partial charge in [-0.05, 0) is 55.5 Å². The van der Waals surface area contributed by atoms with Crippen LogP contribution >= 0.6 is 0 Å². The molecule has 6 nitrogen and oxygen atoms in total. The summed E-state index contributed by atoms with van der Waals surface area (Å²) in [4.78, 5) is 14.8. The number of carbonyl (C=O) groups excluding carboxylic acids is 1. The number of hydrogen-bond acceptors (Lipinski definition) is 5. The minimum absolute atomic E-state index is 0.108. The molecule has 2 aliphatic rings. The van der Waals surface area contributed by atoms with E-state index in [4.69, 9.17) is 9.47 Å². The summed E-state index contributed by atoms with van der Waals surface area (Å²) >= 11 is 0. The van der Waals surface area contributed by atoms with Gasteiger partial charge >= 0.3 is 0 Å². The topological polar surface area (TPSA) is 71.0 Å². The molecule has 1 fully saturated rings. The van der Waals surface area contributed by atoms with Gasteiger partial charge in [0.15, 0.2) is 17.6 Å². The molecule has 0 saturated carbocycles. The molecule has 4 rings (SSSR count). The van der Waals surface area contributed by atoms with Gasteiger partial charge in [0.2, 0.25) is 0 Å². The van der Waals surface area contributed by atoms with E-state index in [1.54, 1.807) is 0 Å². The summed E-state index contributed by atoms with van der Waals surface area (Å²) in [5.41, 5.74) is 2.06. The fourth-order valence-corrected chi connectivity index (χ4v) is 4.31. The largest absolute Gasteiger partial charge is 0.486 e. The van der Waals surface area contributed by atoms with E-state index in [1.807, 2.05) is 41.3 Å². The number of para-hydroxylation sites is 2. The van der Waals surface area contributed by atoms with Gasteiger partial charge in [-0.2, -0.15) is 0 Å². The molecule has 2 aliphatic heterocycles. The van der Waals surface area contributed by atoms with Crippen LogP contribution in [0.5, 0.6) is 11.5 Å². The number of carbonyl (C=O) groups is 1. The number of aryl methyl sites for hydroxylation is 1. The molecule has 0 radical (unpaired) electrons. The third-order valence-corrected chi connectivity index (χ3v) is 6.38. The van der Waals surface area contributed by atoms with Crippen molar-refractivity contribution in [3.05, 3.63) is 59.7 Å². The molecule has 172 valence electrons. The summed E-state index contributed by atoms with van der Waals surface area (Å²) < 4.78 is 11.6. The second kappa shape index (κ2) is 10.8. The highest BCUT2D eigenvalue weighted by Crippen LogP contribution is 2.31. The fraction of sp³-hybridized carbons (Fsp3) is 0.500. The first-order valence-corrected chi connectivity index (χ1v) is 11.8. The number of ether oxygens (including phenoxy) is 2. The van der Waals surface area contributed by atoms with Gasteiger partial charge in [0, 0.05) is 31.2 Å². The molecule has 32 heavy (non-hydrogen) atoms. The van der Waals surface area contributed by atoms with Gasteiger partial charge in [-0.25, -0.2) is 0 Å². The molecule has 1 amide bonds. The Hall–Kier alpha value is -2.57. The Morgan fingerprint density at radius 3 is 2.56 bits per heavy atom. The van der Waals surface area contributed by atoms with Crippen molar-refractivity contribution in [2.45, 2.75) is 57.3 Å². The van der Waals surface area contributed by atoms with Gasteiger partial charge in [0.05, 0.1) is 0 Å². The van der Waals surface area contributed by atoms with E-state index < -0.39 is 6.10 Å². The number of aliphatic hydroxyl groups is 1. The maximum atomic E-state index is 12.8. The Bertz CT molecular complexity index is 878. The van der Waals surface area contributed by atoms with Crippen LogP contribution in [0.2, 0.25) is 0 Å². The van der Waals surface area contributed by atoms with Crippen molar-refractivity contribution in [3.63, 3.8) is 0 Å². The normalized spacial score (nSPS) is 19.6. The lowest BCUT2D eigenvalue weighted by Crippen LogP contribution is -2.50. The van der Waals surface area contributed by atoms with Crippen LogP contribution in [0.1, 0.15) is 48.5 Å². The van der Waals surface area contributed by atoms with Crippen LogP contribution in [-0.2, 0) is 6.42 Å². The molecule has 1 saturated heterocycles. The minimum Gasteiger partial charge on any atom is -0.486 e. The number of unbranched alkanes of at least 4 members (excludes halogenated alkanes) is 1. The van der Waals surface area contributed by atoms with E-state index in [2.05, 4.69) is 24.4 Å². The number of nitrogens with one attached hydrogen (secondary N) is 1. The molecule has 2 heterocycles. The maximum absolute atomic E-state index is 12.8. The average molecular weight is 439 g/mol. The van der Waals surface area contributed by atoms with Crippen LogP contribution in [0, 0.1) is 0 Å². The number of amides is 1. The fourth-order valence-electron chi connectivity index (χ4n) is 4.31. The zero-order valence-electron chi connectivity index (χ0n) is 18.8. The molecule has 2 unspecified atom stereocenters. The van der Waals surface area contributed by atoms with Crippen LogP contribution in [0.25, 0.3) is 0 Å². The second-order valence-corrected chi connectivity index (χ2v) is 8.76. The van der Waals surface area contributed by atoms with E-state index in [9.17, 15) is 9.90 Å². The summed E-state index contributed by atoms with van der Waals surface area (Å²) in [5, 5.41) is 14.0. The van der Waals surface area contributed by atoms with Crippen LogP contribution in [0.15, 0.2) is 48.5 Å². The van der Waals surface area contributed by atoms with E-state index in [0.717, 1.165) is 43.7 Å². The number of rotatable bonds is 8. The zero-order valence-corrected chi connectivity index (χ0v) is 18.8. The molecule has 0 aliphatic carbocycles. The van der Waals surface area contributed by atoms with Crippen molar-refractivity contribution < 1.29 is 19.4 Å². The number of piperidine rings is 1. The van der Waals surface area contributed by atoms with Gasteiger partial charge in [0.1, 0.15) is 12.7 Å². The van der Waals surface area contributed by atoms with Crippen molar-refractivity contribution in [1.82, 2.24) is 10.2 Å². The highest BCUT2D eigenvalue weighted by atomic mass is 16.6. The predicted molar refractivity (Wildman–Crippen MR) is 124 cm³/mol. The second-order valence-electron chi connectivity index (χ2n) is 8.76. The zero-order chi connectivity index (χ0) is 22.3. The smallest absolute Gasteiger partial charge is 0.253 e. The maximum Gasteiger partial charge on any atom is 0.253 e. The van der Waals surface area contributed by atoms with Crippen molar-refractivity contribution in [1.29, 1.82) is 0 Å². The molecule has 6 heteroatoms. The van der Waals surface area contributed by atoms with Crippen molar-refractivity contribution in [2.75, 3.05) is 26.2 Å². The molecule has 2 N–H and O–H groups in total. The van der Waals surface area contributed by atoms with Crippen molar-refractivity contribution >= 4 is 5.91 Å². The van der Waals surface area contributed by atoms with Crippen LogP contribution < -0.4 is 14.8 Å². The van der Waals surface area contributed by atoms with E-state index in [1.165, 1.54) is 18.4 Å². The van der Waals surface area contributed by atoms with Gasteiger partial charge in [-0.1, -0.05) is 37.6 Å². The van der Waals surface area contributed by atoms with Gasteiger partial charge in [0.25, 0.3) is 5.91 Å². The van der Waals surface area contributed by atoms with Gasteiger partial charge in [-0.15, -0.1) is 0 Å². The number of fused-ring (bicyclic) bond motifs is 1. The first-order valence-electron chi connectivity index (χ1n) is 11.8. The lowest BCUT2D eigenvalue weighted by Gasteiger charge is -2.34. The molecule has 0 bridgehead atoms. The summed E-state index contributed by atoms with van der Waals surface area (Å²) in [6.45, 7) is 4.41. The summed E-state index contributed by atoms with van der Waals surface area (Å²) in [7, 11) is 0. The lowest BCUT2D eigenvalue weighted by molar-refractivity contribution is -0.0109. The number of benzene rings is 2. The van der Waals surface area contributed by atoms with Crippen LogP contribution in [0.4, 0.5) is 0 Å². The minimum atomic E-state index is -0.658. The number of likely N-dealkylation sites (tertiary alicyclic amines) is 1. The predicted octanol–water partition coefficient (Wildman–Crippen LogP) is 3.42. The molecule has 0 spiro atoms. The van der Waals surface area contributed by atoms with E-state index >= 15 is 0 Å². The van der Waals surface area contributed by atoms with E-state index in [-0.39, 0.29) is 18.1 Å². The number of hydrogen-bond donors (Lipinski definition) is 2. The van der Waals surface area contributed by atoms with E-state index in [0.29, 0.717) is 18.9 Å². The molecule has 2 atom stereocenters. The first kappa shape index (κ1) is 22.6. The Morgan fingerprint density at radius 1 is 1.12 bits per heavy atom. The lowest BCUT2D eigenvalue weighted by atomic mass is 10.0. The Morgan fingerprint density at radius 2 is 1.84 bits per heavy atom. The van der Waals surface area contributed by atoms with Crippen molar-refractivity contribution in [2.24, 2.45) is 0 Å². The molecule has 2 aromatic carbocycles. The third-order valence-electron chi connectivity index (χ3n) is 6.38. The monoisotopic (exact) mass is 438 g/mol. The number of aliphatic hydroxyl groups excluding tert-OH is 1. The van der Waals surface area contributed by atoms with Gasteiger partial charge in [-0.3, -0.25) is 4.79 Å². The summed E-state index contributed by atoms with van der Waals surface area (Å²) in [5.74, 6) is 1.50.